The number of amides is 1. The molecular weight excluding hydrogens is 392 g/mol. The summed E-state index contributed by atoms with van der Waals surface area (Å²) >= 11 is 0. The Morgan fingerprint density at radius 1 is 1.07 bits per heavy atom. The molecule has 158 valence electrons. The van der Waals surface area contributed by atoms with Gasteiger partial charge in [-0.15, -0.1) is 0 Å². The summed E-state index contributed by atoms with van der Waals surface area (Å²) in [6.07, 6.45) is 1.05. The molecule has 1 N–H and O–H groups in total. The molecule has 2 aromatic carbocycles. The quantitative estimate of drug-likeness (QED) is 0.710. The summed E-state index contributed by atoms with van der Waals surface area (Å²) in [5.74, 6) is 0.357. The average Bonchev–Trinajstić information content (AvgIpc) is 2.66. The molecule has 2 rings (SSSR count). The zero-order chi connectivity index (χ0) is 21.8. The predicted molar refractivity (Wildman–Crippen MR) is 114 cm³/mol. The van der Waals surface area contributed by atoms with Crippen molar-refractivity contribution in [2.45, 2.75) is 26.8 Å². The van der Waals surface area contributed by atoms with Crippen molar-refractivity contribution in [3.8, 4) is 11.5 Å². The molecule has 0 aliphatic heterocycles. The van der Waals surface area contributed by atoms with Crippen LogP contribution in [0.4, 0.5) is 5.69 Å². The van der Waals surface area contributed by atoms with E-state index in [9.17, 15) is 13.2 Å². The number of carbonyl (C=O) groups excluding carboxylic acids is 1. The molecule has 8 heteroatoms. The lowest BCUT2D eigenvalue weighted by atomic mass is 10.0. The minimum absolute atomic E-state index is 0.239. The topological polar surface area (TPSA) is 84.9 Å². The highest BCUT2D eigenvalue weighted by Gasteiger charge is 2.25. The van der Waals surface area contributed by atoms with Crippen LogP contribution in [0.2, 0.25) is 0 Å². The van der Waals surface area contributed by atoms with Crippen LogP contribution in [0.25, 0.3) is 0 Å². The van der Waals surface area contributed by atoms with E-state index in [-0.39, 0.29) is 18.3 Å². The molecule has 0 aromatic heterocycles. The first-order valence-electron chi connectivity index (χ1n) is 9.13. The Balaban J connectivity index is 2.27. The number of nitrogens with zero attached hydrogens (tertiary/aromatic N) is 1. The number of ether oxygens (including phenoxy) is 2. The van der Waals surface area contributed by atoms with Crippen LogP contribution in [0.15, 0.2) is 36.4 Å². The maximum Gasteiger partial charge on any atom is 0.241 e. The van der Waals surface area contributed by atoms with Crippen molar-refractivity contribution in [1.29, 1.82) is 0 Å². The van der Waals surface area contributed by atoms with Gasteiger partial charge in [0, 0.05) is 6.07 Å². The van der Waals surface area contributed by atoms with Gasteiger partial charge in [-0.3, -0.25) is 9.10 Å². The minimum Gasteiger partial charge on any atom is -0.497 e. The van der Waals surface area contributed by atoms with E-state index in [4.69, 9.17) is 9.47 Å². The number of nitrogens with one attached hydrogen (secondary N) is 1. The van der Waals surface area contributed by atoms with Crippen molar-refractivity contribution >= 4 is 21.6 Å². The third-order valence-corrected chi connectivity index (χ3v) is 5.88. The van der Waals surface area contributed by atoms with Gasteiger partial charge in [0.1, 0.15) is 18.0 Å². The number of rotatable bonds is 8. The fourth-order valence-corrected chi connectivity index (χ4v) is 3.76. The van der Waals surface area contributed by atoms with Gasteiger partial charge in [0.25, 0.3) is 0 Å². The van der Waals surface area contributed by atoms with Gasteiger partial charge in [-0.2, -0.15) is 0 Å². The first-order chi connectivity index (χ1) is 13.6. The SMILES string of the molecule is COc1ccc(OC)c(N(CC(=O)N[C@H](C)c2ccc(C)c(C)c2)S(C)(=O)=O)c1. The Hall–Kier alpha value is -2.74. The van der Waals surface area contributed by atoms with Crippen LogP contribution in [0.3, 0.4) is 0 Å². The predicted octanol–water partition coefficient (Wildman–Crippen LogP) is 2.96. The summed E-state index contributed by atoms with van der Waals surface area (Å²) in [5, 5.41) is 2.86. The number of methoxy groups -OCH3 is 2. The van der Waals surface area contributed by atoms with E-state index in [1.54, 1.807) is 12.1 Å². The van der Waals surface area contributed by atoms with Gasteiger partial charge in [-0.1, -0.05) is 18.2 Å². The van der Waals surface area contributed by atoms with Crippen LogP contribution in [0, 0.1) is 13.8 Å². The van der Waals surface area contributed by atoms with Crippen molar-refractivity contribution in [2.75, 3.05) is 31.3 Å². The maximum atomic E-state index is 12.7. The number of benzene rings is 2. The van der Waals surface area contributed by atoms with Gasteiger partial charge < -0.3 is 14.8 Å². The second kappa shape index (κ2) is 9.17. The number of hydrogen-bond donors (Lipinski definition) is 1. The molecule has 0 radical (unpaired) electrons. The highest BCUT2D eigenvalue weighted by molar-refractivity contribution is 7.92. The molecule has 0 fully saturated rings. The fraction of sp³-hybridized carbons (Fsp3) is 0.381. The zero-order valence-corrected chi connectivity index (χ0v) is 18.5. The number of sulfonamides is 1. The molecule has 1 amide bonds. The van der Waals surface area contributed by atoms with E-state index < -0.39 is 15.9 Å². The molecule has 29 heavy (non-hydrogen) atoms. The fourth-order valence-electron chi connectivity index (χ4n) is 2.91. The Morgan fingerprint density at radius 3 is 2.31 bits per heavy atom. The van der Waals surface area contributed by atoms with Crippen molar-refractivity contribution in [3.05, 3.63) is 53.1 Å². The van der Waals surface area contributed by atoms with Crippen molar-refractivity contribution in [3.63, 3.8) is 0 Å². The molecular formula is C21H28N2O5S. The van der Waals surface area contributed by atoms with Crippen LogP contribution in [0.1, 0.15) is 29.7 Å². The summed E-state index contributed by atoms with van der Waals surface area (Å²) in [4.78, 5) is 12.7. The monoisotopic (exact) mass is 420 g/mol. The highest BCUT2D eigenvalue weighted by atomic mass is 32.2. The molecule has 0 saturated carbocycles. The number of aryl methyl sites for hydroxylation is 2. The summed E-state index contributed by atoms with van der Waals surface area (Å²) in [6.45, 7) is 5.51. The lowest BCUT2D eigenvalue weighted by Crippen LogP contribution is -2.41. The lowest BCUT2D eigenvalue weighted by molar-refractivity contribution is -0.120. The maximum absolute atomic E-state index is 12.7. The Bertz CT molecular complexity index is 989. The molecule has 2 aromatic rings. The molecule has 7 nitrogen and oxygen atoms in total. The lowest BCUT2D eigenvalue weighted by Gasteiger charge is -2.25. The van der Waals surface area contributed by atoms with Crippen molar-refractivity contribution in [2.24, 2.45) is 0 Å². The minimum atomic E-state index is -3.75. The molecule has 0 saturated heterocycles. The van der Waals surface area contributed by atoms with Gasteiger partial charge in [-0.25, -0.2) is 8.42 Å². The van der Waals surface area contributed by atoms with Gasteiger partial charge >= 0.3 is 0 Å². The molecule has 0 aliphatic rings. The summed E-state index contributed by atoms with van der Waals surface area (Å²) < 4.78 is 36.3. The van der Waals surface area contributed by atoms with Crippen molar-refractivity contribution < 1.29 is 22.7 Å². The summed E-state index contributed by atoms with van der Waals surface area (Å²) in [5.41, 5.74) is 3.48. The summed E-state index contributed by atoms with van der Waals surface area (Å²) in [7, 11) is -0.828. The number of carbonyl (C=O) groups is 1. The third-order valence-electron chi connectivity index (χ3n) is 4.75. The smallest absolute Gasteiger partial charge is 0.241 e. The van der Waals surface area contributed by atoms with Crippen LogP contribution in [0.5, 0.6) is 11.5 Å². The van der Waals surface area contributed by atoms with E-state index in [0.717, 1.165) is 21.7 Å². The van der Waals surface area contributed by atoms with Crippen LogP contribution < -0.4 is 19.1 Å². The van der Waals surface area contributed by atoms with E-state index in [2.05, 4.69) is 5.32 Å². The van der Waals surface area contributed by atoms with Gasteiger partial charge in [0.2, 0.25) is 15.9 Å². The molecule has 0 bridgehead atoms. The molecule has 1 atom stereocenters. The van der Waals surface area contributed by atoms with Crippen LogP contribution in [-0.2, 0) is 14.8 Å². The normalized spacial score (nSPS) is 12.2. The molecule has 0 heterocycles. The van der Waals surface area contributed by atoms with E-state index in [1.807, 2.05) is 39.0 Å². The second-order valence-corrected chi connectivity index (χ2v) is 8.85. The number of hydrogen-bond acceptors (Lipinski definition) is 5. The van der Waals surface area contributed by atoms with E-state index in [1.165, 1.54) is 25.8 Å². The standard InChI is InChI=1S/C21H28N2O5S/c1-14-7-8-17(11-15(14)2)16(3)22-21(24)13-23(29(6,25)26)19-12-18(27-4)9-10-20(19)28-5/h7-12,16H,13H2,1-6H3,(H,22,24)/t16-/m1/s1. The summed E-state index contributed by atoms with van der Waals surface area (Å²) in [6, 6.07) is 10.5. The van der Waals surface area contributed by atoms with Gasteiger partial charge in [0.05, 0.1) is 32.2 Å². The Morgan fingerprint density at radius 2 is 1.76 bits per heavy atom. The van der Waals surface area contributed by atoms with E-state index in [0.29, 0.717) is 11.5 Å². The number of anilines is 1. The Kier molecular flexibility index (Phi) is 7.13. The average molecular weight is 421 g/mol. The third kappa shape index (κ3) is 5.63. The van der Waals surface area contributed by atoms with E-state index >= 15 is 0 Å². The van der Waals surface area contributed by atoms with Crippen LogP contribution >= 0.6 is 0 Å². The highest BCUT2D eigenvalue weighted by Crippen LogP contribution is 2.33. The zero-order valence-electron chi connectivity index (χ0n) is 17.6. The molecule has 0 spiro atoms. The van der Waals surface area contributed by atoms with Crippen molar-refractivity contribution in [1.82, 2.24) is 5.32 Å². The second-order valence-electron chi connectivity index (χ2n) is 6.94. The Labute approximate surface area is 172 Å². The largest absolute Gasteiger partial charge is 0.497 e. The molecule has 0 aliphatic carbocycles. The van der Waals surface area contributed by atoms with Crippen LogP contribution in [-0.4, -0.2) is 41.3 Å². The first-order valence-corrected chi connectivity index (χ1v) is 11.0. The first kappa shape index (κ1) is 22.5. The van der Waals surface area contributed by atoms with Gasteiger partial charge in [0.15, 0.2) is 0 Å². The van der Waals surface area contributed by atoms with Gasteiger partial charge in [-0.05, 0) is 49.6 Å². The molecule has 0 unspecified atom stereocenters.